The van der Waals surface area contributed by atoms with E-state index in [0.717, 1.165) is 61.4 Å². The Bertz CT molecular complexity index is 3170. The Morgan fingerprint density at radius 2 is 0.860 bits per heavy atom. The Balaban J connectivity index is 1.01. The molecule has 2 aromatic heterocycles. The molecule has 268 valence electrons. The molecule has 0 fully saturated rings. The maximum absolute atomic E-state index is 6.23. The molecule has 9 aromatic carbocycles. The van der Waals surface area contributed by atoms with Crippen molar-refractivity contribution in [2.24, 2.45) is 0 Å². The Morgan fingerprint density at radius 3 is 1.58 bits per heavy atom. The molecule has 0 N–H and O–H groups in total. The van der Waals surface area contributed by atoms with Crippen LogP contribution in [0.5, 0.6) is 0 Å². The smallest absolute Gasteiger partial charge is 0.136 e. The van der Waals surface area contributed by atoms with Crippen LogP contribution in [0.15, 0.2) is 223 Å². The van der Waals surface area contributed by atoms with E-state index < -0.39 is 0 Å². The van der Waals surface area contributed by atoms with Crippen LogP contribution in [0, 0.1) is 0 Å². The van der Waals surface area contributed by atoms with Crippen LogP contribution in [0.1, 0.15) is 0 Å². The van der Waals surface area contributed by atoms with Crippen molar-refractivity contribution in [3.05, 3.63) is 218 Å². The fourth-order valence-electron chi connectivity index (χ4n) is 8.54. The monoisotopic (exact) mass is 728 g/mol. The van der Waals surface area contributed by atoms with Gasteiger partial charge in [-0.05, 0) is 106 Å². The zero-order valence-corrected chi connectivity index (χ0v) is 31.1. The van der Waals surface area contributed by atoms with Crippen LogP contribution < -0.4 is 4.90 Å². The number of anilines is 3. The Kier molecular flexibility index (Phi) is 7.82. The van der Waals surface area contributed by atoms with Gasteiger partial charge >= 0.3 is 0 Å². The van der Waals surface area contributed by atoms with Gasteiger partial charge in [0.2, 0.25) is 0 Å². The second-order valence-corrected chi connectivity index (χ2v) is 14.5. The summed E-state index contributed by atoms with van der Waals surface area (Å²) in [6.07, 6.45) is 0. The van der Waals surface area contributed by atoms with E-state index in [-0.39, 0.29) is 0 Å². The summed E-state index contributed by atoms with van der Waals surface area (Å²) in [5.74, 6) is 0. The molecule has 0 atom stereocenters. The molecule has 0 saturated carbocycles. The average molecular weight is 729 g/mol. The van der Waals surface area contributed by atoms with Crippen molar-refractivity contribution in [2.75, 3.05) is 4.90 Å². The van der Waals surface area contributed by atoms with Gasteiger partial charge in [0, 0.05) is 44.3 Å². The van der Waals surface area contributed by atoms with E-state index in [9.17, 15) is 0 Å². The molecule has 11 rings (SSSR count). The molecular formula is C54H36N2O. The van der Waals surface area contributed by atoms with Gasteiger partial charge in [0.1, 0.15) is 11.2 Å². The SMILES string of the molecule is c1ccc(-c2ccc(N(c3ccc(-c4cccc(-c5cccc6oc7ccccc7c56)c4)cc3)c3cccc(-n4c5ccccc5c5ccccc54)c3)cc2)cc1. The topological polar surface area (TPSA) is 21.3 Å². The Hall–Kier alpha value is -7.62. The number of furan rings is 1. The fourth-order valence-corrected chi connectivity index (χ4v) is 8.54. The predicted molar refractivity (Wildman–Crippen MR) is 239 cm³/mol. The third-order valence-corrected chi connectivity index (χ3v) is 11.2. The minimum absolute atomic E-state index is 0.905. The van der Waals surface area contributed by atoms with E-state index in [1.807, 2.05) is 12.1 Å². The summed E-state index contributed by atoms with van der Waals surface area (Å²) in [6.45, 7) is 0. The van der Waals surface area contributed by atoms with Crippen LogP contribution in [-0.4, -0.2) is 4.57 Å². The number of benzene rings is 9. The molecule has 0 bridgehead atoms. The van der Waals surface area contributed by atoms with Gasteiger partial charge in [-0.15, -0.1) is 0 Å². The van der Waals surface area contributed by atoms with Crippen molar-refractivity contribution in [1.82, 2.24) is 4.57 Å². The molecular weight excluding hydrogens is 693 g/mol. The van der Waals surface area contributed by atoms with Crippen molar-refractivity contribution in [2.45, 2.75) is 0 Å². The van der Waals surface area contributed by atoms with E-state index in [2.05, 4.69) is 216 Å². The highest BCUT2D eigenvalue weighted by Gasteiger charge is 2.18. The molecule has 0 aliphatic heterocycles. The summed E-state index contributed by atoms with van der Waals surface area (Å²) in [5, 5.41) is 4.79. The van der Waals surface area contributed by atoms with E-state index in [0.29, 0.717) is 0 Å². The summed E-state index contributed by atoms with van der Waals surface area (Å²) in [6, 6.07) is 78.1. The fraction of sp³-hybridized carbons (Fsp3) is 0. The van der Waals surface area contributed by atoms with Crippen LogP contribution >= 0.6 is 0 Å². The molecule has 0 spiro atoms. The first-order valence-corrected chi connectivity index (χ1v) is 19.4. The summed E-state index contributed by atoms with van der Waals surface area (Å²) < 4.78 is 8.61. The number of fused-ring (bicyclic) bond motifs is 6. The first-order valence-electron chi connectivity index (χ1n) is 19.4. The van der Waals surface area contributed by atoms with Crippen molar-refractivity contribution in [1.29, 1.82) is 0 Å². The third-order valence-electron chi connectivity index (χ3n) is 11.2. The van der Waals surface area contributed by atoms with E-state index in [4.69, 9.17) is 4.42 Å². The lowest BCUT2D eigenvalue weighted by Crippen LogP contribution is -2.10. The second-order valence-electron chi connectivity index (χ2n) is 14.5. The zero-order chi connectivity index (χ0) is 37.7. The summed E-state index contributed by atoms with van der Waals surface area (Å²) >= 11 is 0. The number of hydrogen-bond acceptors (Lipinski definition) is 2. The molecule has 0 amide bonds. The zero-order valence-electron chi connectivity index (χ0n) is 31.1. The lowest BCUT2D eigenvalue weighted by atomic mass is 9.96. The standard InChI is InChI=1S/C54H36N2O/c1-2-13-37(14-3-1)38-27-31-42(32-28-38)55(44-17-11-18-45(36-44)56-50-23-7-4-19-47(50)48-20-5-8-24-51(48)56)43-33-29-39(30-34-43)40-15-10-16-41(35-40)46-22-12-26-53-54(46)49-21-6-9-25-52(49)57-53/h1-36H. The minimum atomic E-state index is 0.905. The maximum Gasteiger partial charge on any atom is 0.136 e. The highest BCUT2D eigenvalue weighted by atomic mass is 16.3. The molecule has 0 radical (unpaired) electrons. The molecule has 57 heavy (non-hydrogen) atoms. The normalized spacial score (nSPS) is 11.5. The minimum Gasteiger partial charge on any atom is -0.456 e. The molecule has 0 unspecified atom stereocenters. The number of rotatable bonds is 7. The molecule has 3 heteroatoms. The van der Waals surface area contributed by atoms with Crippen molar-refractivity contribution in [3.63, 3.8) is 0 Å². The van der Waals surface area contributed by atoms with Crippen molar-refractivity contribution >= 4 is 60.8 Å². The molecule has 0 aliphatic carbocycles. The predicted octanol–water partition coefficient (Wildman–Crippen LogP) is 15.2. The van der Waals surface area contributed by atoms with Crippen molar-refractivity contribution in [3.8, 4) is 39.1 Å². The Morgan fingerprint density at radius 1 is 0.333 bits per heavy atom. The molecule has 3 nitrogen and oxygen atoms in total. The van der Waals surface area contributed by atoms with Gasteiger partial charge in [0.05, 0.1) is 11.0 Å². The van der Waals surface area contributed by atoms with Crippen LogP contribution in [0.4, 0.5) is 17.1 Å². The molecule has 0 aliphatic rings. The van der Waals surface area contributed by atoms with Crippen molar-refractivity contribution < 1.29 is 4.42 Å². The lowest BCUT2D eigenvalue weighted by molar-refractivity contribution is 0.669. The summed E-state index contributed by atoms with van der Waals surface area (Å²) in [7, 11) is 0. The highest BCUT2D eigenvalue weighted by Crippen LogP contribution is 2.41. The Labute approximate surface area is 330 Å². The van der Waals surface area contributed by atoms with Gasteiger partial charge in [-0.2, -0.15) is 0 Å². The van der Waals surface area contributed by atoms with Crippen LogP contribution in [0.2, 0.25) is 0 Å². The number of aromatic nitrogens is 1. The van der Waals surface area contributed by atoms with E-state index >= 15 is 0 Å². The number of para-hydroxylation sites is 3. The summed E-state index contributed by atoms with van der Waals surface area (Å²) in [5.41, 5.74) is 15.6. The highest BCUT2D eigenvalue weighted by molar-refractivity contribution is 6.12. The van der Waals surface area contributed by atoms with Gasteiger partial charge in [0.25, 0.3) is 0 Å². The first kappa shape index (κ1) is 32.8. The first-order chi connectivity index (χ1) is 28.3. The molecule has 2 heterocycles. The lowest BCUT2D eigenvalue weighted by Gasteiger charge is -2.26. The third kappa shape index (κ3) is 5.68. The largest absolute Gasteiger partial charge is 0.456 e. The van der Waals surface area contributed by atoms with Gasteiger partial charge in [-0.1, -0.05) is 146 Å². The van der Waals surface area contributed by atoms with Crippen LogP contribution in [-0.2, 0) is 0 Å². The van der Waals surface area contributed by atoms with Crippen LogP contribution in [0.25, 0.3) is 82.8 Å². The van der Waals surface area contributed by atoms with Crippen LogP contribution in [0.3, 0.4) is 0 Å². The maximum atomic E-state index is 6.23. The average Bonchev–Trinajstić information content (AvgIpc) is 3.84. The molecule has 0 saturated heterocycles. The van der Waals surface area contributed by atoms with E-state index in [1.54, 1.807) is 0 Å². The van der Waals surface area contributed by atoms with Gasteiger partial charge in [-0.25, -0.2) is 0 Å². The molecule has 11 aromatic rings. The number of hydrogen-bond donors (Lipinski definition) is 0. The number of nitrogens with zero attached hydrogens (tertiary/aromatic N) is 2. The van der Waals surface area contributed by atoms with E-state index in [1.165, 1.54) is 38.5 Å². The van der Waals surface area contributed by atoms with Gasteiger partial charge in [-0.3, -0.25) is 0 Å². The van der Waals surface area contributed by atoms with Gasteiger partial charge < -0.3 is 13.9 Å². The second kappa shape index (κ2) is 13.6. The summed E-state index contributed by atoms with van der Waals surface area (Å²) in [4.78, 5) is 2.36. The quantitative estimate of drug-likeness (QED) is 0.163. The van der Waals surface area contributed by atoms with Gasteiger partial charge in [0.15, 0.2) is 0 Å².